The van der Waals surface area contributed by atoms with Crippen molar-refractivity contribution in [1.29, 1.82) is 0 Å². The molecule has 7 heteroatoms. The van der Waals surface area contributed by atoms with Crippen LogP contribution in [0.2, 0.25) is 10.0 Å². The third-order valence-corrected chi connectivity index (χ3v) is 6.74. The molecule has 1 atom stereocenters. The molecule has 3 rings (SSSR count). The van der Waals surface area contributed by atoms with Gasteiger partial charge in [-0.25, -0.2) is 4.79 Å². The number of benzene rings is 1. The zero-order valence-electron chi connectivity index (χ0n) is 15.2. The number of fused-ring (bicyclic) bond motifs is 1. The van der Waals surface area contributed by atoms with E-state index in [9.17, 15) is 9.59 Å². The van der Waals surface area contributed by atoms with Crippen LogP contribution in [0.5, 0.6) is 0 Å². The number of thiophene rings is 1. The molecule has 1 amide bonds. The molecule has 1 heterocycles. The highest BCUT2D eigenvalue weighted by molar-refractivity contribution is 7.17. The second kappa shape index (κ2) is 8.63. The van der Waals surface area contributed by atoms with Crippen LogP contribution in [-0.4, -0.2) is 18.5 Å². The fourth-order valence-electron chi connectivity index (χ4n) is 3.32. The van der Waals surface area contributed by atoms with Gasteiger partial charge >= 0.3 is 5.97 Å². The summed E-state index contributed by atoms with van der Waals surface area (Å²) in [7, 11) is 0. The SMILES string of the molecule is CCOC(=O)c1c(NC(=O)c2ccc(Cl)c(Cl)c2)sc2c1CCC(CC)C2. The van der Waals surface area contributed by atoms with Gasteiger partial charge in [-0.1, -0.05) is 36.5 Å². The molecule has 1 aromatic carbocycles. The van der Waals surface area contributed by atoms with Crippen LogP contribution in [0.1, 0.15) is 57.8 Å². The fraction of sp³-hybridized carbons (Fsp3) is 0.400. The van der Waals surface area contributed by atoms with Gasteiger partial charge < -0.3 is 10.1 Å². The number of anilines is 1. The lowest BCUT2D eigenvalue weighted by molar-refractivity contribution is 0.0526. The molecular weight excluding hydrogens is 405 g/mol. The molecule has 2 aromatic rings. The maximum absolute atomic E-state index is 12.7. The van der Waals surface area contributed by atoms with Gasteiger partial charge in [0.05, 0.1) is 22.2 Å². The summed E-state index contributed by atoms with van der Waals surface area (Å²) < 4.78 is 5.25. The lowest BCUT2D eigenvalue weighted by Gasteiger charge is -2.20. The molecule has 0 saturated carbocycles. The number of hydrogen-bond acceptors (Lipinski definition) is 4. The lowest BCUT2D eigenvalue weighted by atomic mass is 9.85. The first-order valence-electron chi connectivity index (χ1n) is 9.02. The van der Waals surface area contributed by atoms with Crippen LogP contribution >= 0.6 is 34.5 Å². The Kier molecular flexibility index (Phi) is 6.45. The fourth-order valence-corrected chi connectivity index (χ4v) is 4.97. The standard InChI is InChI=1S/C20H21Cl2NO3S/c1-3-11-5-7-13-16(9-11)27-19(17(13)20(25)26-4-2)23-18(24)12-6-8-14(21)15(22)10-12/h6,8,10-11H,3-5,7,9H2,1-2H3,(H,23,24). The number of esters is 1. The Labute approximate surface area is 172 Å². The number of nitrogens with one attached hydrogen (secondary N) is 1. The lowest BCUT2D eigenvalue weighted by Crippen LogP contribution is -2.17. The van der Waals surface area contributed by atoms with E-state index in [0.717, 1.165) is 31.2 Å². The number of carbonyl (C=O) groups is 2. The van der Waals surface area contributed by atoms with Crippen molar-refractivity contribution >= 4 is 51.4 Å². The molecule has 1 unspecified atom stereocenters. The van der Waals surface area contributed by atoms with Gasteiger partial charge in [0.1, 0.15) is 5.00 Å². The summed E-state index contributed by atoms with van der Waals surface area (Å²) in [5.41, 5.74) is 1.91. The van der Waals surface area contributed by atoms with E-state index >= 15 is 0 Å². The molecule has 0 radical (unpaired) electrons. The van der Waals surface area contributed by atoms with Gasteiger partial charge in [0, 0.05) is 10.4 Å². The monoisotopic (exact) mass is 425 g/mol. The van der Waals surface area contributed by atoms with Gasteiger partial charge in [-0.3, -0.25) is 4.79 Å². The van der Waals surface area contributed by atoms with E-state index in [0.29, 0.717) is 38.7 Å². The first kappa shape index (κ1) is 20.2. The third-order valence-electron chi connectivity index (χ3n) is 4.83. The zero-order chi connectivity index (χ0) is 19.6. The van der Waals surface area contributed by atoms with Crippen LogP contribution in [-0.2, 0) is 17.6 Å². The highest BCUT2D eigenvalue weighted by atomic mass is 35.5. The van der Waals surface area contributed by atoms with Crippen LogP contribution < -0.4 is 5.32 Å². The molecule has 1 aromatic heterocycles. The molecule has 144 valence electrons. The normalized spacial score (nSPS) is 15.9. The maximum Gasteiger partial charge on any atom is 0.341 e. The van der Waals surface area contributed by atoms with Crippen molar-refractivity contribution in [3.63, 3.8) is 0 Å². The largest absolute Gasteiger partial charge is 0.462 e. The van der Waals surface area contributed by atoms with Crippen LogP contribution in [0.3, 0.4) is 0 Å². The Morgan fingerprint density at radius 2 is 2.04 bits per heavy atom. The average Bonchev–Trinajstić information content (AvgIpc) is 3.00. The number of rotatable bonds is 5. The molecule has 1 aliphatic carbocycles. The molecule has 1 N–H and O–H groups in total. The second-order valence-corrected chi connectivity index (χ2v) is 8.45. The highest BCUT2D eigenvalue weighted by Gasteiger charge is 2.30. The van der Waals surface area contributed by atoms with E-state index in [2.05, 4.69) is 12.2 Å². The Morgan fingerprint density at radius 3 is 2.70 bits per heavy atom. The molecule has 0 bridgehead atoms. The summed E-state index contributed by atoms with van der Waals surface area (Å²) in [6, 6.07) is 4.70. The highest BCUT2D eigenvalue weighted by Crippen LogP contribution is 2.41. The molecule has 27 heavy (non-hydrogen) atoms. The van der Waals surface area contributed by atoms with E-state index in [-0.39, 0.29) is 11.9 Å². The number of carbonyl (C=O) groups excluding carboxylic acids is 2. The molecule has 1 aliphatic rings. The summed E-state index contributed by atoms with van der Waals surface area (Å²) in [5, 5.41) is 4.13. The smallest absolute Gasteiger partial charge is 0.341 e. The van der Waals surface area contributed by atoms with Gasteiger partial charge in [-0.15, -0.1) is 11.3 Å². The van der Waals surface area contributed by atoms with E-state index in [1.54, 1.807) is 19.1 Å². The summed E-state index contributed by atoms with van der Waals surface area (Å²) in [5.74, 6) is -0.0936. The van der Waals surface area contributed by atoms with Crippen molar-refractivity contribution in [3.05, 3.63) is 49.8 Å². The van der Waals surface area contributed by atoms with Crippen LogP contribution in [0.4, 0.5) is 5.00 Å². The van der Waals surface area contributed by atoms with E-state index in [4.69, 9.17) is 27.9 Å². The van der Waals surface area contributed by atoms with Crippen molar-refractivity contribution in [2.45, 2.75) is 39.5 Å². The minimum atomic E-state index is -0.380. The van der Waals surface area contributed by atoms with E-state index in [1.807, 2.05) is 0 Å². The summed E-state index contributed by atoms with van der Waals surface area (Å²) >= 11 is 13.4. The third kappa shape index (κ3) is 4.31. The van der Waals surface area contributed by atoms with Crippen molar-refractivity contribution in [1.82, 2.24) is 0 Å². The molecule has 0 aliphatic heterocycles. The zero-order valence-corrected chi connectivity index (χ0v) is 17.6. The Bertz CT molecular complexity index is 878. The Hall–Kier alpha value is -1.56. The summed E-state index contributed by atoms with van der Waals surface area (Å²) in [6.07, 6.45) is 3.93. The predicted molar refractivity (Wildman–Crippen MR) is 110 cm³/mol. The van der Waals surface area contributed by atoms with Crippen LogP contribution in [0.25, 0.3) is 0 Å². The molecule has 0 spiro atoms. The van der Waals surface area contributed by atoms with Gasteiger partial charge in [0.2, 0.25) is 0 Å². The number of hydrogen-bond donors (Lipinski definition) is 1. The van der Waals surface area contributed by atoms with Crippen molar-refractivity contribution in [2.75, 3.05) is 11.9 Å². The van der Waals surface area contributed by atoms with E-state index in [1.165, 1.54) is 22.3 Å². The van der Waals surface area contributed by atoms with Crippen LogP contribution in [0.15, 0.2) is 18.2 Å². The Morgan fingerprint density at radius 1 is 1.26 bits per heavy atom. The predicted octanol–water partition coefficient (Wildman–Crippen LogP) is 6.00. The van der Waals surface area contributed by atoms with Crippen molar-refractivity contribution in [3.8, 4) is 0 Å². The molecule has 0 saturated heterocycles. The quantitative estimate of drug-likeness (QED) is 0.597. The van der Waals surface area contributed by atoms with Crippen molar-refractivity contribution < 1.29 is 14.3 Å². The minimum Gasteiger partial charge on any atom is -0.462 e. The first-order valence-corrected chi connectivity index (χ1v) is 10.6. The minimum absolute atomic E-state index is 0.293. The number of ether oxygens (including phenoxy) is 1. The van der Waals surface area contributed by atoms with Gasteiger partial charge in [-0.05, 0) is 55.9 Å². The topological polar surface area (TPSA) is 55.4 Å². The maximum atomic E-state index is 12.7. The van der Waals surface area contributed by atoms with Gasteiger partial charge in [0.25, 0.3) is 5.91 Å². The average molecular weight is 426 g/mol. The Balaban J connectivity index is 1.93. The van der Waals surface area contributed by atoms with Crippen LogP contribution in [0, 0.1) is 5.92 Å². The number of amides is 1. The first-order chi connectivity index (χ1) is 12.9. The molecular formula is C20H21Cl2NO3S. The van der Waals surface area contributed by atoms with E-state index < -0.39 is 0 Å². The second-order valence-electron chi connectivity index (χ2n) is 6.53. The number of halogens is 2. The van der Waals surface area contributed by atoms with Crippen molar-refractivity contribution in [2.24, 2.45) is 5.92 Å². The van der Waals surface area contributed by atoms with Gasteiger partial charge in [0.15, 0.2) is 0 Å². The van der Waals surface area contributed by atoms with Gasteiger partial charge in [-0.2, -0.15) is 0 Å². The summed E-state index contributed by atoms with van der Waals surface area (Å²) in [4.78, 5) is 26.4. The molecule has 0 fully saturated rings. The molecule has 4 nitrogen and oxygen atoms in total. The summed E-state index contributed by atoms with van der Waals surface area (Å²) in [6.45, 7) is 4.25.